The van der Waals surface area contributed by atoms with Crippen molar-refractivity contribution in [3.63, 3.8) is 0 Å². The first-order chi connectivity index (χ1) is 15.6. The van der Waals surface area contributed by atoms with Gasteiger partial charge in [0.05, 0.1) is 35.7 Å². The normalized spacial score (nSPS) is 15.6. The molecule has 0 amide bonds. The number of H-pyrrole nitrogens is 2. The van der Waals surface area contributed by atoms with Crippen LogP contribution in [0.3, 0.4) is 0 Å². The van der Waals surface area contributed by atoms with Crippen molar-refractivity contribution in [2.75, 3.05) is 39.6 Å². The maximum absolute atomic E-state index is 6.23. The van der Waals surface area contributed by atoms with Crippen molar-refractivity contribution in [3.8, 4) is 22.8 Å². The van der Waals surface area contributed by atoms with Gasteiger partial charge in [-0.3, -0.25) is 5.10 Å². The summed E-state index contributed by atoms with van der Waals surface area (Å²) in [4.78, 5) is 19.8. The van der Waals surface area contributed by atoms with E-state index in [1.807, 2.05) is 18.3 Å². The summed E-state index contributed by atoms with van der Waals surface area (Å²) in [6, 6.07) is 6.08. The molecule has 1 fully saturated rings. The highest BCUT2D eigenvalue weighted by Gasteiger charge is 2.24. The number of benzene rings is 1. The Labute approximate surface area is 186 Å². The zero-order valence-corrected chi connectivity index (χ0v) is 18.4. The lowest BCUT2D eigenvalue weighted by molar-refractivity contribution is 0.202. The minimum absolute atomic E-state index is 0.343. The van der Waals surface area contributed by atoms with Crippen LogP contribution in [-0.4, -0.2) is 68.9 Å². The van der Waals surface area contributed by atoms with Crippen LogP contribution in [0.4, 0.5) is 5.82 Å². The molecule has 1 aromatic carbocycles. The quantitative estimate of drug-likeness (QED) is 0.428. The fraction of sp³-hybridized carbons (Fsp3) is 0.391. The molecule has 1 aliphatic rings. The minimum Gasteiger partial charge on any atom is -0.384 e. The molecule has 0 unspecified atom stereocenters. The Kier molecular flexibility index (Phi) is 5.59. The van der Waals surface area contributed by atoms with Gasteiger partial charge in [-0.25, -0.2) is 15.0 Å². The van der Waals surface area contributed by atoms with Crippen molar-refractivity contribution >= 4 is 16.9 Å². The Hall–Kier alpha value is -3.30. The number of likely N-dealkylation sites (tertiary alicyclic amines) is 1. The number of aromatic amines is 2. The molecule has 4 aromatic rings. The van der Waals surface area contributed by atoms with E-state index < -0.39 is 0 Å². The molecule has 4 N–H and O–H groups in total. The van der Waals surface area contributed by atoms with Gasteiger partial charge in [0.15, 0.2) is 11.6 Å². The Morgan fingerprint density at radius 2 is 2.03 bits per heavy atom. The predicted molar refractivity (Wildman–Crippen MR) is 124 cm³/mol. The zero-order chi connectivity index (χ0) is 22.1. The van der Waals surface area contributed by atoms with Gasteiger partial charge in [0.2, 0.25) is 0 Å². The molecule has 1 aliphatic heterocycles. The molecule has 4 heterocycles. The number of aromatic nitrogens is 6. The summed E-state index contributed by atoms with van der Waals surface area (Å²) in [7, 11) is 3.86. The summed E-state index contributed by atoms with van der Waals surface area (Å²) in [6.07, 6.45) is 6.52. The van der Waals surface area contributed by atoms with E-state index in [4.69, 9.17) is 20.4 Å². The number of para-hydroxylation sites is 1. The number of rotatable bonds is 6. The van der Waals surface area contributed by atoms with Crippen molar-refractivity contribution < 1.29 is 4.74 Å². The first-order valence-electron chi connectivity index (χ1n) is 11.0. The Morgan fingerprint density at radius 1 is 1.19 bits per heavy atom. The maximum atomic E-state index is 6.23. The fourth-order valence-electron chi connectivity index (χ4n) is 4.43. The third kappa shape index (κ3) is 3.85. The number of anilines is 1. The molecule has 1 saturated heterocycles. The molecule has 32 heavy (non-hydrogen) atoms. The molecule has 0 bridgehead atoms. The van der Waals surface area contributed by atoms with Crippen LogP contribution in [0.2, 0.25) is 0 Å². The Morgan fingerprint density at radius 3 is 2.84 bits per heavy atom. The smallest absolute Gasteiger partial charge is 0.161 e. The predicted octanol–water partition coefficient (Wildman–Crippen LogP) is 2.99. The first-order valence-corrected chi connectivity index (χ1v) is 11.0. The number of nitrogens with two attached hydrogens (primary N) is 1. The van der Waals surface area contributed by atoms with Gasteiger partial charge in [0.25, 0.3) is 0 Å². The van der Waals surface area contributed by atoms with Crippen molar-refractivity contribution in [1.82, 2.24) is 35.0 Å². The molecular formula is C23H28N8O. The minimum atomic E-state index is 0.343. The van der Waals surface area contributed by atoms with E-state index in [9.17, 15) is 0 Å². The van der Waals surface area contributed by atoms with Crippen LogP contribution in [0, 0.1) is 0 Å². The summed E-state index contributed by atoms with van der Waals surface area (Å²) < 4.78 is 5.24. The van der Waals surface area contributed by atoms with Crippen LogP contribution in [-0.2, 0) is 11.2 Å². The fourth-order valence-corrected chi connectivity index (χ4v) is 4.43. The van der Waals surface area contributed by atoms with Gasteiger partial charge in [-0.2, -0.15) is 5.10 Å². The third-order valence-corrected chi connectivity index (χ3v) is 6.27. The second-order valence-corrected chi connectivity index (χ2v) is 8.41. The van der Waals surface area contributed by atoms with Gasteiger partial charge in [-0.05, 0) is 51.0 Å². The van der Waals surface area contributed by atoms with Crippen molar-refractivity contribution in [2.24, 2.45) is 0 Å². The number of imidazole rings is 1. The van der Waals surface area contributed by atoms with Gasteiger partial charge in [-0.15, -0.1) is 0 Å². The molecule has 0 radical (unpaired) electrons. The van der Waals surface area contributed by atoms with E-state index in [-0.39, 0.29) is 0 Å². The van der Waals surface area contributed by atoms with Crippen LogP contribution >= 0.6 is 0 Å². The van der Waals surface area contributed by atoms with Crippen molar-refractivity contribution in [2.45, 2.75) is 25.2 Å². The number of piperidine rings is 1. The SMILES string of the molecule is COCCc1cccc2[nH]c(-c3nc(-c4cn[nH]c4C4CCN(C)CC4)cnc3N)nc12. The third-order valence-electron chi connectivity index (χ3n) is 6.27. The largest absolute Gasteiger partial charge is 0.384 e. The standard InChI is InChI=1S/C23H28N8O/c1-31-9-6-15(7-10-31)19-16(12-26-30-19)18-13-25-22(24)21(27-18)23-28-17-5-3-4-14(8-11-32-2)20(17)29-23/h3-5,12-13,15H,6-11H2,1-2H3,(H2,24,25)(H,26,30)(H,28,29). The van der Waals surface area contributed by atoms with Crippen LogP contribution in [0.1, 0.15) is 30.0 Å². The summed E-state index contributed by atoms with van der Waals surface area (Å²) in [6.45, 7) is 2.79. The molecule has 0 saturated carbocycles. The van der Waals surface area contributed by atoms with Crippen LogP contribution in [0.25, 0.3) is 33.8 Å². The number of hydrogen-bond donors (Lipinski definition) is 3. The highest BCUT2D eigenvalue weighted by atomic mass is 16.5. The molecule has 9 nitrogen and oxygen atoms in total. The maximum Gasteiger partial charge on any atom is 0.161 e. The number of fused-ring (bicyclic) bond motifs is 1. The van der Waals surface area contributed by atoms with Crippen LogP contribution in [0.15, 0.2) is 30.6 Å². The molecular weight excluding hydrogens is 404 g/mol. The van der Waals surface area contributed by atoms with Gasteiger partial charge in [0.1, 0.15) is 5.69 Å². The number of nitrogens with zero attached hydrogens (tertiary/aromatic N) is 5. The molecule has 166 valence electrons. The topological polar surface area (TPSA) is 122 Å². The Balaban J connectivity index is 1.51. The molecule has 5 rings (SSSR count). The van der Waals surface area contributed by atoms with Crippen LogP contribution < -0.4 is 5.73 Å². The molecule has 3 aromatic heterocycles. The Bertz CT molecular complexity index is 1220. The number of nitrogen functional groups attached to an aromatic ring is 1. The van der Waals surface area contributed by atoms with Gasteiger partial charge >= 0.3 is 0 Å². The highest BCUT2D eigenvalue weighted by Crippen LogP contribution is 2.34. The molecule has 0 atom stereocenters. The number of ether oxygens (including phenoxy) is 1. The average Bonchev–Trinajstić information content (AvgIpc) is 3.46. The lowest BCUT2D eigenvalue weighted by Gasteiger charge is -2.28. The van der Waals surface area contributed by atoms with E-state index in [1.54, 1.807) is 13.3 Å². The van der Waals surface area contributed by atoms with Gasteiger partial charge < -0.3 is 20.4 Å². The van der Waals surface area contributed by atoms with Crippen molar-refractivity contribution in [1.29, 1.82) is 0 Å². The van der Waals surface area contributed by atoms with E-state index in [1.165, 1.54) is 0 Å². The second-order valence-electron chi connectivity index (χ2n) is 8.41. The summed E-state index contributed by atoms with van der Waals surface area (Å²) in [5.41, 5.74) is 12.6. The molecule has 9 heteroatoms. The van der Waals surface area contributed by atoms with E-state index in [0.29, 0.717) is 29.9 Å². The van der Waals surface area contributed by atoms with Crippen LogP contribution in [0.5, 0.6) is 0 Å². The second kappa shape index (κ2) is 8.68. The number of methoxy groups -OCH3 is 1. The summed E-state index contributed by atoms with van der Waals surface area (Å²) >= 11 is 0. The molecule has 0 spiro atoms. The number of nitrogens with one attached hydrogen (secondary N) is 2. The highest BCUT2D eigenvalue weighted by molar-refractivity contribution is 5.83. The van der Waals surface area contributed by atoms with Crippen molar-refractivity contribution in [3.05, 3.63) is 41.9 Å². The van der Waals surface area contributed by atoms with E-state index in [0.717, 1.165) is 65.9 Å². The van der Waals surface area contributed by atoms with E-state index in [2.05, 4.69) is 38.2 Å². The zero-order valence-electron chi connectivity index (χ0n) is 18.4. The lowest BCUT2D eigenvalue weighted by Crippen LogP contribution is -2.29. The van der Waals surface area contributed by atoms with Gasteiger partial charge in [0, 0.05) is 24.3 Å². The average molecular weight is 433 g/mol. The summed E-state index contributed by atoms with van der Waals surface area (Å²) in [5.74, 6) is 1.39. The first kappa shape index (κ1) is 20.6. The van der Waals surface area contributed by atoms with Gasteiger partial charge in [-0.1, -0.05) is 12.1 Å². The lowest BCUT2D eigenvalue weighted by atomic mass is 9.91. The summed E-state index contributed by atoms with van der Waals surface area (Å²) in [5, 5.41) is 7.53. The van der Waals surface area contributed by atoms with E-state index >= 15 is 0 Å². The molecule has 0 aliphatic carbocycles. The number of hydrogen-bond acceptors (Lipinski definition) is 7. The monoisotopic (exact) mass is 432 g/mol.